The molecule has 4 aromatic heterocycles. The quantitative estimate of drug-likeness (QED) is 0.124. The number of hydrogen-bond acceptors (Lipinski definition) is 10. The number of fused-ring (bicyclic) bond motifs is 2. The van der Waals surface area contributed by atoms with E-state index in [0.717, 1.165) is 22.3 Å². The van der Waals surface area contributed by atoms with Crippen molar-refractivity contribution in [2.45, 2.75) is 26.9 Å². The maximum absolute atomic E-state index is 13.5. The fourth-order valence-corrected chi connectivity index (χ4v) is 7.12. The molecule has 3 N–H and O–H groups in total. The highest BCUT2D eigenvalue weighted by atomic mass is 79.9. The topological polar surface area (TPSA) is 169 Å². The number of rotatable bonds is 11. The summed E-state index contributed by atoms with van der Waals surface area (Å²) >= 11 is 3.34. The van der Waals surface area contributed by atoms with Crippen LogP contribution in [0.25, 0.3) is 33.2 Å². The van der Waals surface area contributed by atoms with Gasteiger partial charge in [0, 0.05) is 91.1 Å². The molecule has 4 aromatic carbocycles. The molecule has 8 rings (SSSR count). The lowest BCUT2D eigenvalue weighted by Crippen LogP contribution is -2.21. The lowest BCUT2D eigenvalue weighted by molar-refractivity contribution is 0.0514. The van der Waals surface area contributed by atoms with E-state index in [9.17, 15) is 28.0 Å². The van der Waals surface area contributed by atoms with Gasteiger partial charge < -0.3 is 34.3 Å². The first-order chi connectivity index (χ1) is 31.4. The van der Waals surface area contributed by atoms with E-state index in [-0.39, 0.29) is 42.9 Å². The lowest BCUT2D eigenvalue weighted by Gasteiger charge is -2.21. The van der Waals surface area contributed by atoms with Gasteiger partial charge >= 0.3 is 11.9 Å². The second kappa shape index (κ2) is 23.5. The minimum absolute atomic E-state index is 0. The average molecular weight is 965 g/mol. The molecule has 0 radical (unpaired) electrons. The molecule has 342 valence electrons. The molecule has 0 atom stereocenters. The molecule has 0 bridgehead atoms. The van der Waals surface area contributed by atoms with Crippen molar-refractivity contribution in [1.29, 1.82) is 0 Å². The van der Waals surface area contributed by atoms with E-state index in [4.69, 9.17) is 9.47 Å². The smallest absolute Gasteiger partial charge is 0.343 e. The Morgan fingerprint density at radius 1 is 0.697 bits per heavy atom. The molecule has 0 amide bonds. The van der Waals surface area contributed by atoms with Gasteiger partial charge in [0.2, 0.25) is 10.9 Å². The van der Waals surface area contributed by atoms with Gasteiger partial charge in [-0.2, -0.15) is 0 Å². The van der Waals surface area contributed by atoms with Gasteiger partial charge in [-0.25, -0.2) is 18.4 Å². The van der Waals surface area contributed by atoms with Gasteiger partial charge in [-0.1, -0.05) is 28.1 Å². The van der Waals surface area contributed by atoms with Gasteiger partial charge in [-0.3, -0.25) is 19.6 Å². The molecule has 0 aliphatic carbocycles. The van der Waals surface area contributed by atoms with Gasteiger partial charge in [0.1, 0.15) is 22.8 Å². The molecule has 0 aliphatic rings. The van der Waals surface area contributed by atoms with Crippen LogP contribution in [0.5, 0.6) is 0 Å². The minimum atomic E-state index is -0.690. The summed E-state index contributed by atoms with van der Waals surface area (Å²) in [6.45, 7) is 5.18. The van der Waals surface area contributed by atoms with Crippen LogP contribution in [0.4, 0.5) is 14.5 Å². The summed E-state index contributed by atoms with van der Waals surface area (Å²) in [5, 5.41) is 3.79. The summed E-state index contributed by atoms with van der Waals surface area (Å²) in [5.41, 5.74) is 4.59. The van der Waals surface area contributed by atoms with Crippen LogP contribution in [0.3, 0.4) is 0 Å². The number of nitrogens with zero attached hydrogens (tertiary/aromatic N) is 5. The van der Waals surface area contributed by atoms with Crippen molar-refractivity contribution < 1.29 is 34.7 Å². The number of esters is 2. The number of anilines is 1. The van der Waals surface area contributed by atoms with Crippen LogP contribution in [0.2, 0.25) is 0 Å². The molecule has 4 heterocycles. The van der Waals surface area contributed by atoms with Crippen LogP contribution in [0, 0.1) is 11.6 Å². The van der Waals surface area contributed by atoms with E-state index in [2.05, 4.69) is 31.2 Å². The Balaban J connectivity index is 0.000000246. The summed E-state index contributed by atoms with van der Waals surface area (Å²) < 4.78 is 40.8. The van der Waals surface area contributed by atoms with Gasteiger partial charge in [-0.05, 0) is 129 Å². The second-order valence-electron chi connectivity index (χ2n) is 14.3. The fourth-order valence-electron chi connectivity index (χ4n) is 6.76. The Bertz CT molecular complexity index is 3030. The number of pyridine rings is 4. The zero-order valence-electron chi connectivity index (χ0n) is 36.5. The number of carbonyl (C=O) groups excluding carboxylic acids is 2. The highest BCUT2D eigenvalue weighted by Gasteiger charge is 2.20. The van der Waals surface area contributed by atoms with Gasteiger partial charge in [0.25, 0.3) is 0 Å². The summed E-state index contributed by atoms with van der Waals surface area (Å²) in [6.07, 6.45) is 10.0. The molecule has 0 aliphatic heterocycles. The van der Waals surface area contributed by atoms with E-state index in [1.165, 1.54) is 42.2 Å². The van der Waals surface area contributed by atoms with Crippen molar-refractivity contribution in [3.63, 3.8) is 0 Å². The number of benzene rings is 4. The summed E-state index contributed by atoms with van der Waals surface area (Å²) in [7, 11) is 3.84. The van der Waals surface area contributed by atoms with Crippen LogP contribution in [0.1, 0.15) is 47.1 Å². The van der Waals surface area contributed by atoms with Crippen molar-refractivity contribution in [2.24, 2.45) is 0 Å². The highest BCUT2D eigenvalue weighted by Crippen LogP contribution is 2.25. The molecular formula is C50H49BrF2N6O7. The van der Waals surface area contributed by atoms with E-state index < -0.39 is 22.8 Å². The molecule has 0 saturated heterocycles. The third-order valence-electron chi connectivity index (χ3n) is 9.84. The van der Waals surface area contributed by atoms with E-state index in [1.54, 1.807) is 90.1 Å². The van der Waals surface area contributed by atoms with Gasteiger partial charge in [0.05, 0.1) is 24.2 Å². The first kappa shape index (κ1) is 49.6. The van der Waals surface area contributed by atoms with Crippen molar-refractivity contribution in [3.8, 4) is 11.4 Å². The fraction of sp³-hybridized carbons (Fsp3) is 0.160. The molecule has 16 heteroatoms. The Hall–Kier alpha value is -7.40. The summed E-state index contributed by atoms with van der Waals surface area (Å²) in [5.74, 6) is -2.11. The predicted octanol–water partition coefficient (Wildman–Crippen LogP) is 8.63. The first-order valence-corrected chi connectivity index (χ1v) is 21.3. The number of hydrogen-bond donors (Lipinski definition) is 1. The number of ether oxygens (including phenoxy) is 2. The Labute approximate surface area is 388 Å². The predicted molar refractivity (Wildman–Crippen MR) is 258 cm³/mol. The van der Waals surface area contributed by atoms with Gasteiger partial charge in [0.15, 0.2) is 0 Å². The molecule has 0 fully saturated rings. The molecule has 66 heavy (non-hydrogen) atoms. The van der Waals surface area contributed by atoms with Crippen molar-refractivity contribution in [1.82, 2.24) is 24.4 Å². The van der Waals surface area contributed by atoms with Crippen LogP contribution >= 0.6 is 15.9 Å². The minimum Gasteiger partial charge on any atom is -0.462 e. The van der Waals surface area contributed by atoms with Crippen molar-refractivity contribution in [2.75, 3.05) is 32.2 Å². The molecule has 0 unspecified atom stereocenters. The number of aromatic nitrogens is 4. The molecule has 8 aromatic rings. The van der Waals surface area contributed by atoms with E-state index >= 15 is 0 Å². The Morgan fingerprint density at radius 3 is 1.62 bits per heavy atom. The summed E-state index contributed by atoms with van der Waals surface area (Å²) in [4.78, 5) is 60.6. The Morgan fingerprint density at radius 2 is 1.17 bits per heavy atom. The second-order valence-corrected chi connectivity index (χ2v) is 15.3. The van der Waals surface area contributed by atoms with Crippen molar-refractivity contribution in [3.05, 3.63) is 205 Å². The lowest BCUT2D eigenvalue weighted by atomic mass is 10.1. The first-order valence-electron chi connectivity index (χ1n) is 20.5. The maximum Gasteiger partial charge on any atom is 0.343 e. The van der Waals surface area contributed by atoms with Crippen LogP contribution in [-0.4, -0.2) is 63.8 Å². The zero-order chi connectivity index (χ0) is 46.5. The average Bonchev–Trinajstić information content (AvgIpc) is 3.31. The molecule has 0 saturated carbocycles. The standard InChI is InChI=1S/C25H22FN3O3.C18H13BrFNO3.C7H10N2.H2O.H2/c1-3-32-25(31)22-16-29(19-8-6-18(26)7-9-19)23-11-10-20(13-21(23)24(22)30)28(2)15-17-5-4-12-27-14-17;1-2-24-18(23)15-10-21(13-6-4-12(20)5-7-13)16-8-3-11(19)9-14(16)17(15)22;1-8-5-7-3-2-4-9-6-7;;/h4-14,16H,3,15H2,1-2H3;3-10H,2H2,1H3;2-4,6,8H,5H2,1H3;1H2;1H/i;;;;1+1. The van der Waals surface area contributed by atoms with Crippen molar-refractivity contribution >= 4 is 55.4 Å². The monoisotopic (exact) mass is 963 g/mol. The molecule has 0 spiro atoms. The summed E-state index contributed by atoms with van der Waals surface area (Å²) in [6, 6.07) is 30.2. The number of carbonyl (C=O) groups is 2. The Kier molecular flexibility index (Phi) is 17.7. The maximum atomic E-state index is 13.5. The van der Waals surface area contributed by atoms with Crippen LogP contribution in [-0.2, 0) is 22.6 Å². The normalized spacial score (nSPS) is 10.5. The number of nitrogens with one attached hydrogen (secondary N) is 1. The number of halogens is 3. The third kappa shape index (κ3) is 12.2. The SMILES string of the molecule is CCOC(=O)c1cn(-c2ccc(F)cc2)c2ccc(Br)cc2c1=O.CCOC(=O)c1cn(-c2ccc(F)cc2)c2ccc(N(C)Cc3cccnc3)cc2c1=O.CNCc1cccnc1.O.[2HH]. The molecule has 13 nitrogen and oxygen atoms in total. The highest BCUT2D eigenvalue weighted by molar-refractivity contribution is 9.10. The van der Waals surface area contributed by atoms with Gasteiger partial charge in [-0.15, -0.1) is 0 Å². The third-order valence-corrected chi connectivity index (χ3v) is 10.3. The largest absolute Gasteiger partial charge is 0.462 e. The van der Waals surface area contributed by atoms with E-state index in [1.807, 2.05) is 61.6 Å². The van der Waals surface area contributed by atoms with Crippen LogP contribution < -0.4 is 21.1 Å². The zero-order valence-corrected chi connectivity index (χ0v) is 38.1. The van der Waals surface area contributed by atoms with E-state index in [0.29, 0.717) is 39.7 Å². The molecular weight excluding hydrogens is 914 g/mol. The van der Waals surface area contributed by atoms with Crippen LogP contribution in [0.15, 0.2) is 160 Å².